The molecular formula is C12H7FN2O5. The molecule has 0 bridgehead atoms. The molecule has 7 nitrogen and oxygen atoms in total. The molecule has 0 atom stereocenters. The Morgan fingerprint density at radius 2 is 2.10 bits per heavy atom. The van der Waals surface area contributed by atoms with Crippen LogP contribution in [0.25, 0.3) is 0 Å². The predicted octanol–water partition coefficient (Wildman–Crippen LogP) is 2.62. The number of carbonyl (C=O) groups is 1. The van der Waals surface area contributed by atoms with Crippen LogP contribution in [0.1, 0.15) is 10.4 Å². The van der Waals surface area contributed by atoms with E-state index in [9.17, 15) is 19.3 Å². The van der Waals surface area contributed by atoms with Crippen LogP contribution in [0, 0.1) is 15.9 Å². The summed E-state index contributed by atoms with van der Waals surface area (Å²) in [6, 6.07) is 3.95. The summed E-state index contributed by atoms with van der Waals surface area (Å²) in [6.45, 7) is 0. The normalized spacial score (nSPS) is 10.1. The lowest BCUT2D eigenvalue weighted by Gasteiger charge is -2.06. The van der Waals surface area contributed by atoms with Crippen molar-refractivity contribution < 1.29 is 24.0 Å². The number of nitro groups is 1. The number of benzene rings is 1. The number of nitrogens with zero attached hydrogens (tertiary/aromatic N) is 2. The van der Waals surface area contributed by atoms with Crippen molar-refractivity contribution in [2.75, 3.05) is 0 Å². The topological polar surface area (TPSA) is 103 Å². The maximum absolute atomic E-state index is 13.0. The summed E-state index contributed by atoms with van der Waals surface area (Å²) in [5, 5.41) is 19.6. The van der Waals surface area contributed by atoms with Crippen molar-refractivity contribution in [3.05, 3.63) is 58.2 Å². The van der Waals surface area contributed by atoms with Crippen LogP contribution in [0.4, 0.5) is 10.1 Å². The highest BCUT2D eigenvalue weighted by Gasteiger charge is 2.17. The van der Waals surface area contributed by atoms with Gasteiger partial charge in [0, 0.05) is 6.20 Å². The summed E-state index contributed by atoms with van der Waals surface area (Å²) in [5.41, 5.74) is -0.696. The largest absolute Gasteiger partial charge is 0.478 e. The third kappa shape index (κ3) is 2.86. The molecule has 0 unspecified atom stereocenters. The number of hydrogen-bond donors (Lipinski definition) is 1. The van der Waals surface area contributed by atoms with Gasteiger partial charge in [0.2, 0.25) is 5.75 Å². The van der Waals surface area contributed by atoms with Crippen molar-refractivity contribution in [1.82, 2.24) is 4.98 Å². The molecule has 0 saturated carbocycles. The minimum atomic E-state index is -1.21. The van der Waals surface area contributed by atoms with Crippen LogP contribution >= 0.6 is 0 Å². The quantitative estimate of drug-likeness (QED) is 0.681. The first-order chi connectivity index (χ1) is 9.47. The molecule has 0 aliphatic rings. The fourth-order valence-electron chi connectivity index (χ4n) is 1.44. The lowest BCUT2D eigenvalue weighted by atomic mass is 10.2. The van der Waals surface area contributed by atoms with E-state index in [0.29, 0.717) is 6.07 Å². The molecule has 0 fully saturated rings. The summed E-state index contributed by atoms with van der Waals surface area (Å²) in [4.78, 5) is 24.4. The average molecular weight is 278 g/mol. The average Bonchev–Trinajstić information content (AvgIpc) is 2.41. The van der Waals surface area contributed by atoms with E-state index in [1.54, 1.807) is 0 Å². The number of hydrogen-bond acceptors (Lipinski definition) is 5. The van der Waals surface area contributed by atoms with Gasteiger partial charge in [-0.3, -0.25) is 15.1 Å². The molecule has 1 aromatic heterocycles. The van der Waals surface area contributed by atoms with Crippen LogP contribution in [0.15, 0.2) is 36.7 Å². The molecule has 2 rings (SSSR count). The van der Waals surface area contributed by atoms with Gasteiger partial charge in [0.1, 0.15) is 11.6 Å². The highest BCUT2D eigenvalue weighted by Crippen LogP contribution is 2.31. The number of ether oxygens (including phenoxy) is 1. The van der Waals surface area contributed by atoms with Crippen molar-refractivity contribution in [2.45, 2.75) is 0 Å². The Hall–Kier alpha value is -3.03. The molecule has 1 heterocycles. The number of halogens is 1. The first kappa shape index (κ1) is 13.4. The Labute approximate surface area is 111 Å². The van der Waals surface area contributed by atoms with E-state index in [2.05, 4.69) is 4.98 Å². The summed E-state index contributed by atoms with van der Waals surface area (Å²) < 4.78 is 18.1. The molecule has 20 heavy (non-hydrogen) atoms. The van der Waals surface area contributed by atoms with E-state index in [1.165, 1.54) is 6.20 Å². The highest BCUT2D eigenvalue weighted by molar-refractivity contribution is 5.87. The molecule has 2 aromatic rings. The number of carboxylic acid groups (broad SMARTS) is 1. The fraction of sp³-hybridized carbons (Fsp3) is 0. The molecule has 0 radical (unpaired) electrons. The van der Waals surface area contributed by atoms with Crippen molar-refractivity contribution >= 4 is 11.7 Å². The molecule has 1 aromatic carbocycles. The van der Waals surface area contributed by atoms with Crippen LogP contribution < -0.4 is 4.74 Å². The standard InChI is InChI=1S/C12H7FN2O5/c13-8-1-2-11(10(4-8)15(18)19)20-9-3-7(12(16)17)5-14-6-9/h1-6H,(H,16,17). The van der Waals surface area contributed by atoms with Gasteiger partial charge < -0.3 is 9.84 Å². The third-order valence-electron chi connectivity index (χ3n) is 2.31. The molecule has 0 aliphatic heterocycles. The molecule has 0 saturated heterocycles. The van der Waals surface area contributed by atoms with E-state index in [-0.39, 0.29) is 17.1 Å². The molecule has 1 N–H and O–H groups in total. The molecule has 102 valence electrons. The summed E-state index contributed by atoms with van der Waals surface area (Å²) in [7, 11) is 0. The number of aromatic nitrogens is 1. The number of rotatable bonds is 4. The van der Waals surface area contributed by atoms with Gasteiger partial charge in [-0.15, -0.1) is 0 Å². The first-order valence-corrected chi connectivity index (χ1v) is 5.27. The Morgan fingerprint density at radius 1 is 1.35 bits per heavy atom. The van der Waals surface area contributed by atoms with Crippen LogP contribution in [0.3, 0.4) is 0 Å². The Balaban J connectivity index is 2.37. The van der Waals surface area contributed by atoms with Gasteiger partial charge in [-0.1, -0.05) is 0 Å². The number of nitro benzene ring substituents is 1. The molecular weight excluding hydrogens is 271 g/mol. The second-order valence-corrected chi connectivity index (χ2v) is 3.69. The van der Waals surface area contributed by atoms with Crippen LogP contribution in [0.2, 0.25) is 0 Å². The Bertz CT molecular complexity index is 689. The summed E-state index contributed by atoms with van der Waals surface area (Å²) in [5.74, 6) is -2.20. The van der Waals surface area contributed by atoms with Crippen molar-refractivity contribution in [1.29, 1.82) is 0 Å². The van der Waals surface area contributed by atoms with Gasteiger partial charge in [0.25, 0.3) is 0 Å². The van der Waals surface area contributed by atoms with Crippen molar-refractivity contribution in [3.63, 3.8) is 0 Å². The van der Waals surface area contributed by atoms with Crippen LogP contribution in [0.5, 0.6) is 11.5 Å². The Kier molecular flexibility index (Phi) is 3.56. The minimum absolute atomic E-state index is 0.000363. The summed E-state index contributed by atoms with van der Waals surface area (Å²) >= 11 is 0. The van der Waals surface area contributed by atoms with Crippen molar-refractivity contribution in [2.24, 2.45) is 0 Å². The smallest absolute Gasteiger partial charge is 0.337 e. The van der Waals surface area contributed by atoms with Gasteiger partial charge in [-0.05, 0) is 18.2 Å². The van der Waals surface area contributed by atoms with E-state index in [4.69, 9.17) is 9.84 Å². The molecule has 8 heteroatoms. The van der Waals surface area contributed by atoms with Gasteiger partial charge in [0.15, 0.2) is 0 Å². The number of carboxylic acids is 1. The van der Waals surface area contributed by atoms with Crippen molar-refractivity contribution in [3.8, 4) is 11.5 Å². The zero-order valence-corrected chi connectivity index (χ0v) is 9.82. The fourth-order valence-corrected chi connectivity index (χ4v) is 1.44. The van der Waals surface area contributed by atoms with Crippen LogP contribution in [-0.2, 0) is 0 Å². The predicted molar refractivity (Wildman–Crippen MR) is 64.3 cm³/mol. The maximum Gasteiger partial charge on any atom is 0.337 e. The maximum atomic E-state index is 13.0. The van der Waals surface area contributed by atoms with Gasteiger partial charge in [0.05, 0.1) is 22.7 Å². The van der Waals surface area contributed by atoms with Gasteiger partial charge in [-0.2, -0.15) is 0 Å². The lowest BCUT2D eigenvalue weighted by molar-refractivity contribution is -0.385. The van der Waals surface area contributed by atoms with Crippen LogP contribution in [-0.4, -0.2) is 21.0 Å². The zero-order chi connectivity index (χ0) is 14.7. The Morgan fingerprint density at radius 3 is 2.75 bits per heavy atom. The first-order valence-electron chi connectivity index (χ1n) is 5.27. The monoisotopic (exact) mass is 278 g/mol. The van der Waals surface area contributed by atoms with Gasteiger partial charge in [-0.25, -0.2) is 9.18 Å². The lowest BCUT2D eigenvalue weighted by Crippen LogP contribution is -1.99. The molecule has 0 amide bonds. The second kappa shape index (κ2) is 5.31. The SMILES string of the molecule is O=C(O)c1cncc(Oc2ccc(F)cc2[N+](=O)[O-])c1. The molecule has 0 spiro atoms. The number of aromatic carboxylic acids is 1. The number of pyridine rings is 1. The highest BCUT2D eigenvalue weighted by atomic mass is 19.1. The van der Waals surface area contributed by atoms with E-state index in [0.717, 1.165) is 24.4 Å². The second-order valence-electron chi connectivity index (χ2n) is 3.69. The molecule has 0 aliphatic carbocycles. The minimum Gasteiger partial charge on any atom is -0.478 e. The van der Waals surface area contributed by atoms with E-state index >= 15 is 0 Å². The zero-order valence-electron chi connectivity index (χ0n) is 9.82. The third-order valence-corrected chi connectivity index (χ3v) is 2.31. The summed E-state index contributed by atoms with van der Waals surface area (Å²) in [6.07, 6.45) is 2.30. The van der Waals surface area contributed by atoms with E-state index in [1.807, 2.05) is 0 Å². The van der Waals surface area contributed by atoms with Gasteiger partial charge >= 0.3 is 11.7 Å². The van der Waals surface area contributed by atoms with E-state index < -0.39 is 22.4 Å².